The topological polar surface area (TPSA) is 47.6 Å². The van der Waals surface area contributed by atoms with E-state index in [9.17, 15) is 0 Å². The van der Waals surface area contributed by atoms with Crippen LogP contribution in [0.3, 0.4) is 0 Å². The summed E-state index contributed by atoms with van der Waals surface area (Å²) in [6.45, 7) is 15.9. The van der Waals surface area contributed by atoms with E-state index in [1.54, 1.807) is 0 Å². The molecule has 0 aromatic heterocycles. The van der Waals surface area contributed by atoms with E-state index in [1.807, 2.05) is 24.3 Å². The van der Waals surface area contributed by atoms with Crippen molar-refractivity contribution in [3.8, 4) is 0 Å². The SMILES string of the molecule is CC(C)[C@H]1CC[C@@H](C)C[C@H]1OP(=O)(O[C@@H]1C[C@H](C)CC[C@H]1C(C)C)[C@H](N[C@@H](C)c1ccccc1)c1ccccc1. The van der Waals surface area contributed by atoms with Crippen molar-refractivity contribution in [3.63, 3.8) is 0 Å². The molecule has 9 atom stereocenters. The minimum atomic E-state index is -3.68. The summed E-state index contributed by atoms with van der Waals surface area (Å²) in [6, 6.07) is 20.6. The number of hydrogen-bond donors (Lipinski definition) is 1. The third kappa shape index (κ3) is 7.88. The molecule has 1 unspecified atom stereocenters. The average Bonchev–Trinajstić information content (AvgIpc) is 2.92. The first-order chi connectivity index (χ1) is 19.1. The van der Waals surface area contributed by atoms with Crippen LogP contribution in [-0.4, -0.2) is 12.2 Å². The fourth-order valence-corrected chi connectivity index (χ4v) is 9.55. The van der Waals surface area contributed by atoms with Crippen molar-refractivity contribution in [1.82, 2.24) is 5.32 Å². The second-order valence-corrected chi connectivity index (χ2v) is 15.6. The summed E-state index contributed by atoms with van der Waals surface area (Å²) < 4.78 is 29.7. The first kappa shape index (κ1) is 31.5. The highest BCUT2D eigenvalue weighted by atomic mass is 31.2. The van der Waals surface area contributed by atoms with Crippen LogP contribution in [0.1, 0.15) is 110 Å². The number of hydrogen-bond acceptors (Lipinski definition) is 4. The van der Waals surface area contributed by atoms with Crippen molar-refractivity contribution in [3.05, 3.63) is 71.8 Å². The molecule has 4 rings (SSSR count). The fourth-order valence-electron chi connectivity index (χ4n) is 7.08. The third-order valence-corrected chi connectivity index (χ3v) is 11.8. The lowest BCUT2D eigenvalue weighted by Crippen LogP contribution is -2.38. The number of benzene rings is 2. The van der Waals surface area contributed by atoms with E-state index in [0.29, 0.717) is 35.5 Å². The molecule has 0 saturated heterocycles. The first-order valence-electron chi connectivity index (χ1n) is 15.9. The van der Waals surface area contributed by atoms with Gasteiger partial charge in [-0.2, -0.15) is 0 Å². The van der Waals surface area contributed by atoms with Crippen LogP contribution in [0, 0.1) is 35.5 Å². The molecule has 0 spiro atoms. The van der Waals surface area contributed by atoms with Gasteiger partial charge in [-0.1, -0.05) is 115 Å². The maximum atomic E-state index is 15.7. The molecule has 2 aromatic rings. The van der Waals surface area contributed by atoms with E-state index in [-0.39, 0.29) is 18.2 Å². The zero-order chi connectivity index (χ0) is 28.9. The molecule has 2 aliphatic carbocycles. The molecule has 0 radical (unpaired) electrons. The molecular weight excluding hydrogens is 513 g/mol. The Morgan fingerprint density at radius 1 is 0.675 bits per heavy atom. The zero-order valence-electron chi connectivity index (χ0n) is 26.0. The van der Waals surface area contributed by atoms with Crippen LogP contribution in [0.5, 0.6) is 0 Å². The van der Waals surface area contributed by atoms with Gasteiger partial charge in [-0.3, -0.25) is 9.88 Å². The van der Waals surface area contributed by atoms with Gasteiger partial charge in [0.25, 0.3) is 0 Å². The molecule has 4 nitrogen and oxygen atoms in total. The Balaban J connectivity index is 1.76. The van der Waals surface area contributed by atoms with Gasteiger partial charge in [0.1, 0.15) is 5.78 Å². The largest absolute Gasteiger partial charge is 0.352 e. The summed E-state index contributed by atoms with van der Waals surface area (Å²) in [5, 5.41) is 3.77. The standard InChI is InChI=1S/C35H54NO3P/c1-24(2)31-20-18-26(5)22-33(31)38-40(37,39-34-23-27(6)19-21-32(34)25(3)4)35(30-16-12-9-13-17-30)36-28(7)29-14-10-8-11-15-29/h8-17,24-28,31-36H,18-23H2,1-7H3/t26-,27-,28+,31-,32+,33-,34-,35+,40?/m1/s1. The van der Waals surface area contributed by atoms with E-state index >= 15 is 4.57 Å². The Hall–Kier alpha value is -1.45. The summed E-state index contributed by atoms with van der Waals surface area (Å²) in [6.07, 6.45) is 6.34. The van der Waals surface area contributed by atoms with Gasteiger partial charge in [0.15, 0.2) is 0 Å². The predicted octanol–water partition coefficient (Wildman–Crippen LogP) is 10.2. The summed E-state index contributed by atoms with van der Waals surface area (Å²) in [4.78, 5) is 0. The van der Waals surface area contributed by atoms with Gasteiger partial charge in [0.05, 0.1) is 12.2 Å². The molecule has 2 fully saturated rings. The smallest absolute Gasteiger partial charge is 0.304 e. The van der Waals surface area contributed by atoms with E-state index in [2.05, 4.69) is 90.2 Å². The minimum absolute atomic E-state index is 0.0238. The Kier molecular flexibility index (Phi) is 11.1. The third-order valence-electron chi connectivity index (χ3n) is 9.63. The molecule has 0 bridgehead atoms. The quantitative estimate of drug-likeness (QED) is 0.274. The van der Waals surface area contributed by atoms with Gasteiger partial charge in [-0.25, -0.2) is 0 Å². The van der Waals surface area contributed by atoms with Crippen molar-refractivity contribution >= 4 is 7.60 Å². The number of rotatable bonds is 11. The maximum absolute atomic E-state index is 15.7. The molecule has 5 heteroatoms. The molecule has 2 aliphatic rings. The van der Waals surface area contributed by atoms with Crippen LogP contribution in [-0.2, 0) is 13.6 Å². The highest BCUT2D eigenvalue weighted by Crippen LogP contribution is 2.64. The van der Waals surface area contributed by atoms with Crippen LogP contribution < -0.4 is 5.32 Å². The molecule has 0 aliphatic heterocycles. The first-order valence-corrected chi connectivity index (χ1v) is 17.5. The van der Waals surface area contributed by atoms with Crippen LogP contribution in [0.25, 0.3) is 0 Å². The summed E-state index contributed by atoms with van der Waals surface area (Å²) in [5.41, 5.74) is 2.12. The van der Waals surface area contributed by atoms with E-state index in [0.717, 1.165) is 36.8 Å². The summed E-state index contributed by atoms with van der Waals surface area (Å²) >= 11 is 0. The lowest BCUT2D eigenvalue weighted by molar-refractivity contribution is -0.00718. The van der Waals surface area contributed by atoms with Crippen molar-refractivity contribution < 1.29 is 13.6 Å². The lowest BCUT2D eigenvalue weighted by atomic mass is 9.75. The van der Waals surface area contributed by atoms with Gasteiger partial charge >= 0.3 is 7.60 Å². The summed E-state index contributed by atoms with van der Waals surface area (Å²) in [7, 11) is -3.68. The average molecular weight is 568 g/mol. The van der Waals surface area contributed by atoms with E-state index in [1.165, 1.54) is 12.8 Å². The molecule has 0 heterocycles. The lowest BCUT2D eigenvalue weighted by Gasteiger charge is -2.44. The second kappa shape index (κ2) is 14.1. The summed E-state index contributed by atoms with van der Waals surface area (Å²) in [5.74, 6) is 2.24. The van der Waals surface area contributed by atoms with Crippen molar-refractivity contribution in [1.29, 1.82) is 0 Å². The molecule has 0 amide bonds. The molecule has 2 saturated carbocycles. The minimum Gasteiger partial charge on any atom is -0.304 e. The second-order valence-electron chi connectivity index (χ2n) is 13.6. The highest BCUT2D eigenvalue weighted by molar-refractivity contribution is 7.54. The van der Waals surface area contributed by atoms with Gasteiger partial charge in [-0.15, -0.1) is 0 Å². The fraction of sp³-hybridized carbons (Fsp3) is 0.657. The van der Waals surface area contributed by atoms with Gasteiger partial charge in [0, 0.05) is 6.04 Å². The normalized spacial score (nSPS) is 30.6. The van der Waals surface area contributed by atoms with Crippen LogP contribution in [0.15, 0.2) is 60.7 Å². The van der Waals surface area contributed by atoms with Gasteiger partial charge in [0.2, 0.25) is 0 Å². The Morgan fingerprint density at radius 2 is 1.10 bits per heavy atom. The number of nitrogens with one attached hydrogen (secondary N) is 1. The molecular formula is C35H54NO3P. The molecule has 40 heavy (non-hydrogen) atoms. The molecule has 1 N–H and O–H groups in total. The maximum Gasteiger partial charge on any atom is 0.352 e. The van der Waals surface area contributed by atoms with Gasteiger partial charge < -0.3 is 9.05 Å². The Bertz CT molecular complexity index is 1040. The van der Waals surface area contributed by atoms with Crippen LogP contribution in [0.2, 0.25) is 0 Å². The van der Waals surface area contributed by atoms with Gasteiger partial charge in [-0.05, 0) is 79.2 Å². The van der Waals surface area contributed by atoms with E-state index in [4.69, 9.17) is 9.05 Å². The Labute approximate surface area is 244 Å². The van der Waals surface area contributed by atoms with Crippen molar-refractivity contribution in [2.24, 2.45) is 35.5 Å². The van der Waals surface area contributed by atoms with E-state index < -0.39 is 13.4 Å². The van der Waals surface area contributed by atoms with Crippen molar-refractivity contribution in [2.45, 2.75) is 111 Å². The molecule has 2 aromatic carbocycles. The highest BCUT2D eigenvalue weighted by Gasteiger charge is 2.47. The van der Waals surface area contributed by atoms with Crippen LogP contribution >= 0.6 is 7.60 Å². The predicted molar refractivity (Wildman–Crippen MR) is 167 cm³/mol. The molecule has 222 valence electrons. The zero-order valence-corrected chi connectivity index (χ0v) is 26.9. The monoisotopic (exact) mass is 567 g/mol. The van der Waals surface area contributed by atoms with Crippen LogP contribution in [0.4, 0.5) is 0 Å². The Morgan fingerprint density at radius 3 is 1.52 bits per heavy atom. The van der Waals surface area contributed by atoms with Crippen molar-refractivity contribution in [2.75, 3.05) is 0 Å².